The largest absolute Gasteiger partial charge is 0.494 e. The zero-order chi connectivity index (χ0) is 20.5. The number of aryl methyl sites for hydroxylation is 1. The van der Waals surface area contributed by atoms with Crippen LogP contribution in [-0.4, -0.2) is 44.3 Å². The van der Waals surface area contributed by atoms with Gasteiger partial charge in [-0.05, 0) is 43.2 Å². The lowest BCUT2D eigenvalue weighted by molar-refractivity contribution is -0.148. The van der Waals surface area contributed by atoms with Crippen LogP contribution in [0, 0.1) is 6.92 Å². The van der Waals surface area contributed by atoms with E-state index < -0.39 is 5.97 Å². The Kier molecular flexibility index (Phi) is 7.33. The maximum absolute atomic E-state index is 11.9. The highest BCUT2D eigenvalue weighted by atomic mass is 16.6. The van der Waals surface area contributed by atoms with Gasteiger partial charge in [-0.25, -0.2) is 0 Å². The minimum Gasteiger partial charge on any atom is -0.494 e. The summed E-state index contributed by atoms with van der Waals surface area (Å²) in [6.07, 6.45) is 0.416. The van der Waals surface area contributed by atoms with Crippen LogP contribution in [0.25, 0.3) is 0 Å². The van der Waals surface area contributed by atoms with E-state index in [4.69, 9.17) is 18.9 Å². The number of rotatable bonds is 9. The molecule has 0 spiro atoms. The van der Waals surface area contributed by atoms with Crippen LogP contribution in [-0.2, 0) is 14.3 Å². The molecule has 1 heterocycles. The number of carbonyl (C=O) groups is 2. The minimum atomic E-state index is -0.431. The van der Waals surface area contributed by atoms with Crippen molar-refractivity contribution in [2.75, 3.05) is 26.4 Å². The van der Waals surface area contributed by atoms with Crippen LogP contribution in [0.15, 0.2) is 48.5 Å². The van der Waals surface area contributed by atoms with E-state index in [1.165, 1.54) is 0 Å². The Labute approximate surface area is 169 Å². The molecule has 2 aromatic rings. The van der Waals surface area contributed by atoms with Gasteiger partial charge in [-0.2, -0.15) is 0 Å². The van der Waals surface area contributed by atoms with Gasteiger partial charge >= 0.3 is 5.97 Å². The van der Waals surface area contributed by atoms with Crippen LogP contribution in [0.2, 0.25) is 0 Å². The summed E-state index contributed by atoms with van der Waals surface area (Å²) in [4.78, 5) is 23.6. The summed E-state index contributed by atoms with van der Waals surface area (Å²) >= 11 is 0. The molecule has 29 heavy (non-hydrogen) atoms. The third-order valence-corrected chi connectivity index (χ3v) is 4.24. The first-order valence-electron chi connectivity index (χ1n) is 9.60. The Morgan fingerprint density at radius 1 is 1.14 bits per heavy atom. The number of para-hydroxylation sites is 2. The van der Waals surface area contributed by atoms with Gasteiger partial charge in [0.25, 0.3) is 5.91 Å². The topological polar surface area (TPSA) is 83.1 Å². The number of hydrogen-bond acceptors (Lipinski definition) is 6. The van der Waals surface area contributed by atoms with Gasteiger partial charge in [0, 0.05) is 6.42 Å². The summed E-state index contributed by atoms with van der Waals surface area (Å²) in [5.74, 6) is 1.30. The van der Waals surface area contributed by atoms with E-state index in [0.29, 0.717) is 31.1 Å². The standard InChI is InChI=1S/C22H25NO6/c1-16-6-4-7-17(12-16)26-11-5-10-22(25)28-15-21(24)23-13-18-14-27-19-8-2-3-9-20(19)29-18/h2-4,6-9,12,18H,5,10-11,13-15H2,1H3,(H,23,24). The molecule has 0 saturated heterocycles. The molecule has 1 aliphatic rings. The molecule has 1 atom stereocenters. The van der Waals surface area contributed by atoms with E-state index in [9.17, 15) is 9.59 Å². The van der Waals surface area contributed by atoms with Crippen LogP contribution in [0.3, 0.4) is 0 Å². The van der Waals surface area contributed by atoms with E-state index >= 15 is 0 Å². The third kappa shape index (κ3) is 6.71. The van der Waals surface area contributed by atoms with Crippen molar-refractivity contribution in [3.8, 4) is 17.2 Å². The van der Waals surface area contributed by atoms with E-state index in [-0.39, 0.29) is 31.6 Å². The van der Waals surface area contributed by atoms with Crippen molar-refractivity contribution in [2.45, 2.75) is 25.9 Å². The van der Waals surface area contributed by atoms with Gasteiger partial charge in [-0.15, -0.1) is 0 Å². The second-order valence-corrected chi connectivity index (χ2v) is 6.73. The second-order valence-electron chi connectivity index (χ2n) is 6.73. The smallest absolute Gasteiger partial charge is 0.306 e. The fourth-order valence-electron chi connectivity index (χ4n) is 2.77. The molecule has 7 heteroatoms. The maximum Gasteiger partial charge on any atom is 0.306 e. The number of fused-ring (bicyclic) bond motifs is 1. The lowest BCUT2D eigenvalue weighted by atomic mass is 10.2. The van der Waals surface area contributed by atoms with Crippen molar-refractivity contribution in [3.63, 3.8) is 0 Å². The molecule has 0 bridgehead atoms. The molecule has 0 aliphatic carbocycles. The summed E-state index contributed by atoms with van der Waals surface area (Å²) in [5, 5.41) is 2.69. The first-order chi connectivity index (χ1) is 14.1. The number of benzene rings is 2. The van der Waals surface area contributed by atoms with E-state index in [2.05, 4.69) is 5.32 Å². The van der Waals surface area contributed by atoms with Gasteiger partial charge < -0.3 is 24.3 Å². The summed E-state index contributed by atoms with van der Waals surface area (Å²) in [7, 11) is 0. The average molecular weight is 399 g/mol. The quantitative estimate of drug-likeness (QED) is 0.516. The lowest BCUT2D eigenvalue weighted by Gasteiger charge is -2.26. The zero-order valence-electron chi connectivity index (χ0n) is 16.4. The number of esters is 1. The number of amides is 1. The highest BCUT2D eigenvalue weighted by molar-refractivity contribution is 5.80. The van der Waals surface area contributed by atoms with Crippen molar-refractivity contribution in [1.82, 2.24) is 5.32 Å². The maximum atomic E-state index is 11.9. The van der Waals surface area contributed by atoms with Crippen molar-refractivity contribution < 1.29 is 28.5 Å². The molecule has 0 saturated carbocycles. The monoisotopic (exact) mass is 399 g/mol. The summed E-state index contributed by atoms with van der Waals surface area (Å²) in [6, 6.07) is 15.1. The van der Waals surface area contributed by atoms with Crippen LogP contribution < -0.4 is 19.5 Å². The van der Waals surface area contributed by atoms with Crippen molar-refractivity contribution in [2.24, 2.45) is 0 Å². The van der Waals surface area contributed by atoms with E-state index in [1.807, 2.05) is 55.5 Å². The highest BCUT2D eigenvalue weighted by Crippen LogP contribution is 2.30. The molecule has 7 nitrogen and oxygen atoms in total. The van der Waals surface area contributed by atoms with Crippen LogP contribution in [0.4, 0.5) is 0 Å². The fraction of sp³-hybridized carbons (Fsp3) is 0.364. The molecular weight excluding hydrogens is 374 g/mol. The third-order valence-electron chi connectivity index (χ3n) is 4.24. The zero-order valence-corrected chi connectivity index (χ0v) is 16.4. The summed E-state index contributed by atoms with van der Waals surface area (Å²) in [6.45, 7) is 2.70. The molecule has 154 valence electrons. The molecule has 1 amide bonds. The van der Waals surface area contributed by atoms with Gasteiger partial charge in [-0.3, -0.25) is 9.59 Å². The van der Waals surface area contributed by atoms with Crippen LogP contribution in [0.5, 0.6) is 17.2 Å². The molecule has 1 N–H and O–H groups in total. The Hall–Kier alpha value is -3.22. The number of nitrogens with one attached hydrogen (secondary N) is 1. The number of ether oxygens (including phenoxy) is 4. The Morgan fingerprint density at radius 3 is 2.79 bits per heavy atom. The number of hydrogen-bond donors (Lipinski definition) is 1. The van der Waals surface area contributed by atoms with Crippen molar-refractivity contribution >= 4 is 11.9 Å². The van der Waals surface area contributed by atoms with Gasteiger partial charge in [-0.1, -0.05) is 24.3 Å². The first-order valence-corrected chi connectivity index (χ1v) is 9.60. The average Bonchev–Trinajstić information content (AvgIpc) is 2.73. The lowest BCUT2D eigenvalue weighted by Crippen LogP contribution is -2.42. The first kappa shape index (κ1) is 20.5. The molecule has 1 aliphatic heterocycles. The van der Waals surface area contributed by atoms with Crippen LogP contribution in [0.1, 0.15) is 18.4 Å². The molecule has 0 radical (unpaired) electrons. The molecule has 0 fully saturated rings. The summed E-state index contributed by atoms with van der Waals surface area (Å²) in [5.41, 5.74) is 1.11. The molecule has 0 aromatic heterocycles. The molecule has 1 unspecified atom stereocenters. The van der Waals surface area contributed by atoms with Crippen LogP contribution >= 0.6 is 0 Å². The van der Waals surface area contributed by atoms with E-state index in [1.54, 1.807) is 0 Å². The Bertz CT molecular complexity index is 838. The normalized spacial score (nSPS) is 14.7. The SMILES string of the molecule is Cc1cccc(OCCCC(=O)OCC(=O)NCC2COc3ccccc3O2)c1. The van der Waals surface area contributed by atoms with Gasteiger partial charge in [0.1, 0.15) is 18.5 Å². The van der Waals surface area contributed by atoms with Gasteiger partial charge in [0.15, 0.2) is 18.1 Å². The molecule has 2 aromatic carbocycles. The van der Waals surface area contributed by atoms with Gasteiger partial charge in [0.05, 0.1) is 13.2 Å². The molecular formula is C22H25NO6. The Morgan fingerprint density at radius 2 is 1.97 bits per heavy atom. The van der Waals surface area contributed by atoms with E-state index in [0.717, 1.165) is 11.3 Å². The van der Waals surface area contributed by atoms with Gasteiger partial charge in [0.2, 0.25) is 0 Å². The predicted molar refractivity (Wildman–Crippen MR) is 106 cm³/mol. The fourth-order valence-corrected chi connectivity index (χ4v) is 2.77. The van der Waals surface area contributed by atoms with Crippen molar-refractivity contribution in [1.29, 1.82) is 0 Å². The Balaban J connectivity index is 1.26. The minimum absolute atomic E-state index is 0.190. The van der Waals surface area contributed by atoms with Crippen molar-refractivity contribution in [3.05, 3.63) is 54.1 Å². The predicted octanol–water partition coefficient (Wildman–Crippen LogP) is 2.65. The summed E-state index contributed by atoms with van der Waals surface area (Å²) < 4.78 is 21.9. The number of carbonyl (C=O) groups excluding carboxylic acids is 2. The second kappa shape index (κ2) is 10.4. The highest BCUT2D eigenvalue weighted by Gasteiger charge is 2.21. The molecule has 3 rings (SSSR count).